The van der Waals surface area contributed by atoms with Crippen molar-refractivity contribution in [3.8, 4) is 11.5 Å². The molecule has 0 fully saturated rings. The first kappa shape index (κ1) is 24.6. The fraction of sp³-hybridized carbons (Fsp3) is 0.208. The van der Waals surface area contributed by atoms with Gasteiger partial charge in [-0.2, -0.15) is 0 Å². The molecular formula is C24H24F2N4O4. The van der Waals surface area contributed by atoms with Gasteiger partial charge in [-0.25, -0.2) is 8.78 Å². The molecule has 3 rings (SSSR count). The lowest BCUT2D eigenvalue weighted by molar-refractivity contribution is -0.131. The molecule has 3 aromatic rings. The zero-order valence-corrected chi connectivity index (χ0v) is 18.6. The molecule has 178 valence electrons. The predicted molar refractivity (Wildman–Crippen MR) is 121 cm³/mol. The minimum atomic E-state index is -1.53. The van der Waals surface area contributed by atoms with Gasteiger partial charge < -0.3 is 25.3 Å². The highest BCUT2D eigenvalue weighted by Gasteiger charge is 2.28. The second-order valence-corrected chi connectivity index (χ2v) is 7.18. The van der Waals surface area contributed by atoms with Gasteiger partial charge in [0, 0.05) is 43.1 Å². The summed E-state index contributed by atoms with van der Waals surface area (Å²) < 4.78 is 44.7. The van der Waals surface area contributed by atoms with Crippen LogP contribution in [0.2, 0.25) is 0 Å². The van der Waals surface area contributed by atoms with Crippen molar-refractivity contribution in [2.75, 3.05) is 14.2 Å². The molecule has 0 aliphatic carbocycles. The molecule has 0 aliphatic heterocycles. The number of hydrogen-bond acceptors (Lipinski definition) is 6. The van der Waals surface area contributed by atoms with Crippen LogP contribution in [0.25, 0.3) is 0 Å². The average Bonchev–Trinajstić information content (AvgIpc) is 2.84. The van der Waals surface area contributed by atoms with Gasteiger partial charge in [-0.05, 0) is 18.2 Å². The number of amides is 1. The van der Waals surface area contributed by atoms with E-state index in [-0.39, 0.29) is 24.7 Å². The maximum atomic E-state index is 14.5. The number of methoxy groups -OCH3 is 2. The van der Waals surface area contributed by atoms with E-state index in [0.29, 0.717) is 22.6 Å². The number of nitrogens with zero attached hydrogens (tertiary/aromatic N) is 1. The Bertz CT molecular complexity index is 1150. The van der Waals surface area contributed by atoms with E-state index in [1.54, 1.807) is 36.5 Å². The molecule has 0 spiro atoms. The van der Waals surface area contributed by atoms with Gasteiger partial charge in [-0.15, -0.1) is 0 Å². The lowest BCUT2D eigenvalue weighted by Gasteiger charge is -2.19. The molecular weight excluding hydrogens is 446 g/mol. The van der Waals surface area contributed by atoms with E-state index in [0.717, 1.165) is 12.1 Å². The number of benzene rings is 2. The highest BCUT2D eigenvalue weighted by molar-refractivity contribution is 5.95. The summed E-state index contributed by atoms with van der Waals surface area (Å²) in [4.78, 5) is 17.0. The molecule has 1 aromatic heterocycles. The summed E-state index contributed by atoms with van der Waals surface area (Å²) in [7, 11) is 2.45. The fourth-order valence-electron chi connectivity index (χ4n) is 3.20. The topological polar surface area (TPSA) is 120 Å². The Kier molecular flexibility index (Phi) is 8.10. The number of carbonyl (C=O) groups is 1. The van der Waals surface area contributed by atoms with Gasteiger partial charge in [-0.1, -0.05) is 18.2 Å². The van der Waals surface area contributed by atoms with E-state index in [1.807, 2.05) is 6.07 Å². The van der Waals surface area contributed by atoms with Crippen molar-refractivity contribution in [2.45, 2.75) is 19.3 Å². The standard InChI is InChI=1S/C24H24F2N4O4/c1-32-17-10-18(25)21(19(26)11-17)22(33-2)24(31)30-12-15-7-6-14(23(27)28)9-20(15)34-13-16-5-3-4-8-29-16/h3-11,22H,12-13H2,1-2H3,(H3,27,28)(H,30,31)/t22-/m1/s1. The SMILES string of the molecule is COc1cc(F)c([C@@H](OC)C(=O)NCc2ccc(C(=N)N)cc2OCc2ccccn2)c(F)c1. The Hall–Kier alpha value is -4.05. The first-order chi connectivity index (χ1) is 16.3. The molecule has 0 bridgehead atoms. The Balaban J connectivity index is 1.79. The molecule has 2 aromatic carbocycles. The van der Waals surface area contributed by atoms with E-state index in [1.165, 1.54) is 14.2 Å². The number of aromatic nitrogens is 1. The molecule has 0 aliphatic rings. The number of pyridine rings is 1. The van der Waals surface area contributed by atoms with Crippen molar-refractivity contribution >= 4 is 11.7 Å². The minimum absolute atomic E-state index is 0.0192. The van der Waals surface area contributed by atoms with Crippen LogP contribution >= 0.6 is 0 Å². The van der Waals surface area contributed by atoms with Crippen molar-refractivity contribution in [1.82, 2.24) is 10.3 Å². The smallest absolute Gasteiger partial charge is 0.254 e. The van der Waals surface area contributed by atoms with Gasteiger partial charge in [-0.3, -0.25) is 15.2 Å². The van der Waals surface area contributed by atoms with Gasteiger partial charge in [0.1, 0.15) is 35.6 Å². The first-order valence-corrected chi connectivity index (χ1v) is 10.2. The van der Waals surface area contributed by atoms with Gasteiger partial charge in [0.2, 0.25) is 0 Å². The van der Waals surface area contributed by atoms with E-state index >= 15 is 0 Å². The number of rotatable bonds is 10. The molecule has 8 nitrogen and oxygen atoms in total. The van der Waals surface area contributed by atoms with E-state index in [2.05, 4.69) is 10.3 Å². The van der Waals surface area contributed by atoms with E-state index in [9.17, 15) is 13.6 Å². The maximum absolute atomic E-state index is 14.5. The predicted octanol–water partition coefficient (Wildman–Crippen LogP) is 3.24. The summed E-state index contributed by atoms with van der Waals surface area (Å²) in [5.74, 6) is -2.49. The van der Waals surface area contributed by atoms with Crippen LogP contribution in [0.3, 0.4) is 0 Å². The third-order valence-corrected chi connectivity index (χ3v) is 4.96. The van der Waals surface area contributed by atoms with E-state index in [4.69, 9.17) is 25.4 Å². The molecule has 1 atom stereocenters. The number of nitrogens with two attached hydrogens (primary N) is 1. The lowest BCUT2D eigenvalue weighted by atomic mass is 10.1. The first-order valence-electron chi connectivity index (χ1n) is 10.2. The van der Waals surface area contributed by atoms with Crippen LogP contribution in [0.1, 0.15) is 28.5 Å². The van der Waals surface area contributed by atoms with Crippen LogP contribution in [0, 0.1) is 17.0 Å². The molecule has 4 N–H and O–H groups in total. The van der Waals surface area contributed by atoms with Crippen molar-refractivity contribution in [1.29, 1.82) is 5.41 Å². The molecule has 0 saturated heterocycles. The number of ether oxygens (including phenoxy) is 3. The minimum Gasteiger partial charge on any atom is -0.497 e. The summed E-state index contributed by atoms with van der Waals surface area (Å²) in [6, 6.07) is 12.2. The van der Waals surface area contributed by atoms with Crippen molar-refractivity contribution < 1.29 is 27.8 Å². The van der Waals surface area contributed by atoms with Crippen molar-refractivity contribution in [2.24, 2.45) is 5.73 Å². The highest BCUT2D eigenvalue weighted by Crippen LogP contribution is 2.28. The number of nitrogen functional groups attached to an aromatic ring is 1. The van der Waals surface area contributed by atoms with Crippen LogP contribution in [-0.4, -0.2) is 30.9 Å². The normalized spacial score (nSPS) is 11.5. The summed E-state index contributed by atoms with van der Waals surface area (Å²) in [6.45, 7) is 0.111. The Morgan fingerprint density at radius 3 is 2.47 bits per heavy atom. The number of amidine groups is 1. The summed E-state index contributed by atoms with van der Waals surface area (Å²) in [6.07, 6.45) is 0.106. The molecule has 1 heterocycles. The van der Waals surface area contributed by atoms with Crippen LogP contribution in [0.5, 0.6) is 11.5 Å². The summed E-state index contributed by atoms with van der Waals surface area (Å²) in [5.41, 5.74) is 6.72. The largest absolute Gasteiger partial charge is 0.497 e. The number of halogens is 2. The summed E-state index contributed by atoms with van der Waals surface area (Å²) in [5, 5.41) is 10.3. The highest BCUT2D eigenvalue weighted by atomic mass is 19.1. The van der Waals surface area contributed by atoms with Gasteiger partial charge in [0.25, 0.3) is 5.91 Å². The molecule has 1 amide bonds. The van der Waals surface area contributed by atoms with Gasteiger partial charge in [0.05, 0.1) is 18.4 Å². The number of nitrogens with one attached hydrogen (secondary N) is 2. The monoisotopic (exact) mass is 470 g/mol. The third kappa shape index (κ3) is 5.84. The third-order valence-electron chi connectivity index (χ3n) is 4.96. The Morgan fingerprint density at radius 2 is 1.88 bits per heavy atom. The van der Waals surface area contributed by atoms with Gasteiger partial charge in [0.15, 0.2) is 6.10 Å². The number of carbonyl (C=O) groups excluding carboxylic acids is 1. The van der Waals surface area contributed by atoms with Crippen LogP contribution < -0.4 is 20.5 Å². The van der Waals surface area contributed by atoms with Crippen LogP contribution in [0.4, 0.5) is 8.78 Å². The quantitative estimate of drug-likeness (QED) is 0.309. The second-order valence-electron chi connectivity index (χ2n) is 7.18. The Morgan fingerprint density at radius 1 is 1.15 bits per heavy atom. The second kappa shape index (κ2) is 11.2. The Labute approximate surface area is 195 Å². The lowest BCUT2D eigenvalue weighted by Crippen LogP contribution is -2.31. The van der Waals surface area contributed by atoms with Crippen LogP contribution in [-0.2, 0) is 22.7 Å². The molecule has 0 unspecified atom stereocenters. The zero-order chi connectivity index (χ0) is 24.7. The maximum Gasteiger partial charge on any atom is 0.254 e. The number of hydrogen-bond donors (Lipinski definition) is 3. The van der Waals surface area contributed by atoms with E-state index < -0.39 is 29.2 Å². The van der Waals surface area contributed by atoms with Gasteiger partial charge >= 0.3 is 0 Å². The molecule has 34 heavy (non-hydrogen) atoms. The zero-order valence-electron chi connectivity index (χ0n) is 18.6. The van der Waals surface area contributed by atoms with Crippen molar-refractivity contribution in [3.05, 3.63) is 88.7 Å². The summed E-state index contributed by atoms with van der Waals surface area (Å²) >= 11 is 0. The van der Waals surface area contributed by atoms with Crippen LogP contribution in [0.15, 0.2) is 54.7 Å². The molecule has 10 heteroatoms. The molecule has 0 radical (unpaired) electrons. The van der Waals surface area contributed by atoms with Crippen molar-refractivity contribution in [3.63, 3.8) is 0 Å². The molecule has 0 saturated carbocycles. The average molecular weight is 470 g/mol. The fourth-order valence-corrected chi connectivity index (χ4v) is 3.20.